The molecule has 2 aliphatic heterocycles. The average Bonchev–Trinajstić information content (AvgIpc) is 3.24. The Morgan fingerprint density at radius 1 is 1.18 bits per heavy atom. The molecule has 1 fully saturated rings. The number of aliphatic imine (C=N–C) groups is 1. The van der Waals surface area contributed by atoms with Gasteiger partial charge in [-0.3, -0.25) is 19.7 Å². The highest BCUT2D eigenvalue weighted by atomic mass is 19.1. The minimum absolute atomic E-state index is 0.0708. The van der Waals surface area contributed by atoms with Crippen molar-refractivity contribution in [3.63, 3.8) is 0 Å². The number of ketones is 1. The van der Waals surface area contributed by atoms with Crippen molar-refractivity contribution in [1.29, 1.82) is 0 Å². The van der Waals surface area contributed by atoms with Crippen LogP contribution in [0.2, 0.25) is 0 Å². The average molecular weight is 444 g/mol. The Bertz CT molecular complexity index is 1220. The van der Waals surface area contributed by atoms with Crippen LogP contribution in [0.15, 0.2) is 65.8 Å². The number of nitrogens with zero attached hydrogens (tertiary/aromatic N) is 3. The minimum atomic E-state index is -0.356. The number of likely N-dealkylation sites (tertiary alicyclic amines) is 1. The molecule has 0 amide bonds. The predicted molar refractivity (Wildman–Crippen MR) is 126 cm³/mol. The van der Waals surface area contributed by atoms with E-state index in [2.05, 4.69) is 9.88 Å². The number of aryl methyl sites for hydroxylation is 1. The number of carbonyl (C=O) groups excluding carboxylic acids is 1. The van der Waals surface area contributed by atoms with Gasteiger partial charge >= 0.3 is 0 Å². The zero-order chi connectivity index (χ0) is 22.8. The fourth-order valence-electron chi connectivity index (χ4n) is 4.56. The van der Waals surface area contributed by atoms with Crippen LogP contribution in [0.5, 0.6) is 5.75 Å². The minimum Gasteiger partial charge on any atom is -0.486 e. The molecule has 1 unspecified atom stereocenters. The second-order valence-corrected chi connectivity index (χ2v) is 8.69. The topological polar surface area (TPSA) is 54.8 Å². The normalized spacial score (nSPS) is 18.0. The van der Waals surface area contributed by atoms with Crippen LogP contribution in [0.3, 0.4) is 0 Å². The number of pyridine rings is 1. The number of rotatable bonds is 6. The van der Waals surface area contributed by atoms with Gasteiger partial charge < -0.3 is 4.74 Å². The predicted octanol–water partition coefficient (Wildman–Crippen LogP) is 4.61. The number of para-hydroxylation sites is 1. The van der Waals surface area contributed by atoms with Crippen LogP contribution in [0.1, 0.15) is 45.6 Å². The number of piperidine rings is 1. The lowest BCUT2D eigenvalue weighted by Gasteiger charge is -2.32. The third kappa shape index (κ3) is 4.71. The highest BCUT2D eigenvalue weighted by Crippen LogP contribution is 2.26. The highest BCUT2D eigenvalue weighted by molar-refractivity contribution is 6.16. The highest BCUT2D eigenvalue weighted by Gasteiger charge is 2.25. The molecule has 0 radical (unpaired) electrons. The van der Waals surface area contributed by atoms with E-state index in [4.69, 9.17) is 9.73 Å². The van der Waals surface area contributed by atoms with Crippen molar-refractivity contribution in [2.24, 2.45) is 4.99 Å². The standard InChI is InChI=1S/C27H26FN3O2/c1-18-13-20(10-11-29-18)27-23-14-19(8-9-21(23)15-30-27)25(32)17-31-12-4-5-22(16-31)33-26-7-3-2-6-24(26)28/h2-3,6-11,13-14,22H,4-5,12,15-17H2,1H3. The summed E-state index contributed by atoms with van der Waals surface area (Å²) in [5, 5.41) is 0. The van der Waals surface area contributed by atoms with Gasteiger partial charge in [-0.2, -0.15) is 0 Å². The Kier molecular flexibility index (Phi) is 6.01. The fourth-order valence-corrected chi connectivity index (χ4v) is 4.56. The number of hydrogen-bond donors (Lipinski definition) is 0. The number of benzene rings is 2. The maximum atomic E-state index is 14.0. The summed E-state index contributed by atoms with van der Waals surface area (Å²) in [7, 11) is 0. The lowest BCUT2D eigenvalue weighted by Crippen LogP contribution is -2.43. The number of ether oxygens (including phenoxy) is 1. The molecule has 1 saturated heterocycles. The van der Waals surface area contributed by atoms with Crippen LogP contribution >= 0.6 is 0 Å². The van der Waals surface area contributed by atoms with E-state index < -0.39 is 0 Å². The van der Waals surface area contributed by atoms with Gasteiger partial charge in [0, 0.05) is 35.1 Å². The maximum Gasteiger partial charge on any atom is 0.176 e. The molecular formula is C27H26FN3O2. The van der Waals surface area contributed by atoms with E-state index in [9.17, 15) is 9.18 Å². The summed E-state index contributed by atoms with van der Waals surface area (Å²) in [5.74, 6) is -0.0142. The molecule has 0 saturated carbocycles. The van der Waals surface area contributed by atoms with Crippen molar-refractivity contribution in [3.8, 4) is 5.75 Å². The Morgan fingerprint density at radius 3 is 2.91 bits per heavy atom. The number of aromatic nitrogens is 1. The van der Waals surface area contributed by atoms with Crippen molar-refractivity contribution in [2.75, 3.05) is 19.6 Å². The zero-order valence-electron chi connectivity index (χ0n) is 18.6. The van der Waals surface area contributed by atoms with Crippen LogP contribution in [0.25, 0.3) is 0 Å². The van der Waals surface area contributed by atoms with Gasteiger partial charge in [-0.05, 0) is 62.2 Å². The van der Waals surface area contributed by atoms with Crippen molar-refractivity contribution < 1.29 is 13.9 Å². The molecule has 1 atom stereocenters. The third-order valence-corrected chi connectivity index (χ3v) is 6.22. The monoisotopic (exact) mass is 443 g/mol. The van der Waals surface area contributed by atoms with Crippen molar-refractivity contribution >= 4 is 11.5 Å². The van der Waals surface area contributed by atoms with E-state index in [0.717, 1.165) is 47.5 Å². The summed E-state index contributed by atoms with van der Waals surface area (Å²) in [5.41, 5.74) is 5.72. The molecular weight excluding hydrogens is 417 g/mol. The second-order valence-electron chi connectivity index (χ2n) is 8.69. The zero-order valence-corrected chi connectivity index (χ0v) is 18.6. The van der Waals surface area contributed by atoms with Gasteiger partial charge in [-0.25, -0.2) is 4.39 Å². The fraction of sp³-hybridized carbons (Fsp3) is 0.296. The number of hydrogen-bond acceptors (Lipinski definition) is 5. The van der Waals surface area contributed by atoms with Crippen LogP contribution in [-0.2, 0) is 6.54 Å². The molecule has 3 heterocycles. The summed E-state index contributed by atoms with van der Waals surface area (Å²) in [4.78, 5) is 24.2. The number of Topliss-reactive ketones (excluding diaryl/α,β-unsaturated/α-hetero) is 1. The first-order valence-corrected chi connectivity index (χ1v) is 11.3. The van der Waals surface area contributed by atoms with Crippen LogP contribution in [0, 0.1) is 12.7 Å². The first kappa shape index (κ1) is 21.5. The maximum absolute atomic E-state index is 14.0. The summed E-state index contributed by atoms with van der Waals surface area (Å²) in [6.07, 6.45) is 3.42. The Labute approximate surface area is 192 Å². The SMILES string of the molecule is Cc1cc(C2=NCc3ccc(C(=O)CN4CCCC(Oc5ccccc5F)C4)cc32)ccn1. The smallest absolute Gasteiger partial charge is 0.176 e. The second kappa shape index (κ2) is 9.24. The molecule has 1 aromatic heterocycles. The molecule has 0 spiro atoms. The summed E-state index contributed by atoms with van der Waals surface area (Å²) in [6, 6.07) is 16.3. The molecule has 5 rings (SSSR count). The van der Waals surface area contributed by atoms with E-state index in [1.54, 1.807) is 24.4 Å². The van der Waals surface area contributed by atoms with Crippen LogP contribution in [0.4, 0.5) is 4.39 Å². The van der Waals surface area contributed by atoms with Crippen molar-refractivity contribution in [3.05, 3.63) is 94.6 Å². The molecule has 0 N–H and O–H groups in total. The van der Waals surface area contributed by atoms with Gasteiger partial charge in [-0.1, -0.05) is 24.3 Å². The van der Waals surface area contributed by atoms with Gasteiger partial charge in [-0.15, -0.1) is 0 Å². The molecule has 3 aromatic rings. The van der Waals surface area contributed by atoms with Crippen LogP contribution in [-0.4, -0.2) is 47.1 Å². The first-order valence-electron chi connectivity index (χ1n) is 11.3. The van der Waals surface area contributed by atoms with Crippen molar-refractivity contribution in [2.45, 2.75) is 32.4 Å². The molecule has 2 aliphatic rings. The lowest BCUT2D eigenvalue weighted by molar-refractivity contribution is 0.0719. The van der Waals surface area contributed by atoms with Crippen LogP contribution < -0.4 is 4.74 Å². The van der Waals surface area contributed by atoms with E-state index in [-0.39, 0.29) is 23.5 Å². The Balaban J connectivity index is 1.27. The van der Waals surface area contributed by atoms with E-state index in [1.165, 1.54) is 6.07 Å². The number of fused-ring (bicyclic) bond motifs is 1. The summed E-state index contributed by atoms with van der Waals surface area (Å²) >= 11 is 0. The molecule has 0 aliphatic carbocycles. The van der Waals surface area contributed by atoms with Crippen molar-refractivity contribution in [1.82, 2.24) is 9.88 Å². The largest absolute Gasteiger partial charge is 0.486 e. The molecule has 0 bridgehead atoms. The van der Waals surface area contributed by atoms with Gasteiger partial charge in [0.2, 0.25) is 0 Å². The van der Waals surface area contributed by atoms with E-state index in [0.29, 0.717) is 25.2 Å². The lowest BCUT2D eigenvalue weighted by atomic mass is 9.96. The molecule has 6 heteroatoms. The molecule has 33 heavy (non-hydrogen) atoms. The summed E-state index contributed by atoms with van der Waals surface area (Å²) in [6.45, 7) is 4.34. The van der Waals surface area contributed by atoms with E-state index >= 15 is 0 Å². The Morgan fingerprint density at radius 2 is 2.06 bits per heavy atom. The first-order chi connectivity index (χ1) is 16.1. The molecule has 2 aromatic carbocycles. The third-order valence-electron chi connectivity index (χ3n) is 6.22. The molecule has 168 valence electrons. The van der Waals surface area contributed by atoms with Gasteiger partial charge in [0.15, 0.2) is 17.3 Å². The Hall–Kier alpha value is -3.38. The number of halogens is 1. The number of carbonyl (C=O) groups is 1. The van der Waals surface area contributed by atoms with Gasteiger partial charge in [0.05, 0.1) is 18.8 Å². The van der Waals surface area contributed by atoms with E-state index in [1.807, 2.05) is 37.3 Å². The van der Waals surface area contributed by atoms with Gasteiger partial charge in [0.25, 0.3) is 0 Å². The van der Waals surface area contributed by atoms with Gasteiger partial charge in [0.1, 0.15) is 6.10 Å². The molecule has 5 nitrogen and oxygen atoms in total. The quantitative estimate of drug-likeness (QED) is 0.522. The summed E-state index contributed by atoms with van der Waals surface area (Å²) < 4.78 is 19.8.